The minimum absolute atomic E-state index is 0.0930. The fraction of sp³-hybridized carbons (Fsp3) is 0.100. The summed E-state index contributed by atoms with van der Waals surface area (Å²) < 4.78 is 5.73. The molecule has 26 heavy (non-hydrogen) atoms. The van der Waals surface area contributed by atoms with E-state index in [-0.39, 0.29) is 6.04 Å². The van der Waals surface area contributed by atoms with Gasteiger partial charge in [0.1, 0.15) is 12.6 Å². The lowest BCUT2D eigenvalue weighted by Crippen LogP contribution is -2.03. The van der Waals surface area contributed by atoms with Crippen molar-refractivity contribution in [2.45, 2.75) is 6.04 Å². The van der Waals surface area contributed by atoms with Crippen LogP contribution in [0.5, 0.6) is 0 Å². The van der Waals surface area contributed by atoms with Crippen molar-refractivity contribution >= 4 is 40.7 Å². The lowest BCUT2D eigenvalue weighted by atomic mass is 10.0. The highest BCUT2D eigenvalue weighted by atomic mass is 35.5. The molecule has 0 fully saturated rings. The number of rotatable bonds is 3. The van der Waals surface area contributed by atoms with E-state index in [0.717, 1.165) is 21.7 Å². The molecule has 0 saturated carbocycles. The Morgan fingerprint density at radius 3 is 2.00 bits per heavy atom. The smallest absolute Gasteiger partial charge is 0.220 e. The molecule has 0 N–H and O–H groups in total. The first kappa shape index (κ1) is 17.3. The maximum atomic E-state index is 6.19. The van der Waals surface area contributed by atoms with Crippen molar-refractivity contribution in [3.8, 4) is 11.1 Å². The zero-order valence-electron chi connectivity index (χ0n) is 13.5. The largest absolute Gasteiger partial charge is 0.475 e. The molecule has 6 heteroatoms. The van der Waals surface area contributed by atoms with E-state index >= 15 is 0 Å². The van der Waals surface area contributed by atoms with Crippen LogP contribution in [0, 0.1) is 0 Å². The van der Waals surface area contributed by atoms with Gasteiger partial charge >= 0.3 is 0 Å². The van der Waals surface area contributed by atoms with Crippen LogP contribution in [0.1, 0.15) is 17.2 Å². The molecule has 1 aromatic heterocycles. The quantitative estimate of drug-likeness (QED) is 0.520. The molecule has 0 saturated heterocycles. The fourth-order valence-corrected chi connectivity index (χ4v) is 3.49. The van der Waals surface area contributed by atoms with Crippen molar-refractivity contribution in [3.05, 3.63) is 87.1 Å². The van der Waals surface area contributed by atoms with Crippen molar-refractivity contribution in [2.24, 2.45) is 4.99 Å². The molecule has 3 aromatic rings. The number of hydrogen-bond acceptors (Lipinski definition) is 3. The SMILES string of the molecule is Clc1ccc(-c2ccc(C3COC(c4c(Cl)cncc4Cl)=N3)cc2)cc1. The molecule has 1 unspecified atom stereocenters. The van der Waals surface area contributed by atoms with Gasteiger partial charge in [-0.1, -0.05) is 71.2 Å². The van der Waals surface area contributed by atoms with Gasteiger partial charge in [-0.25, -0.2) is 4.99 Å². The van der Waals surface area contributed by atoms with Gasteiger partial charge in [-0.2, -0.15) is 0 Å². The molecule has 2 heterocycles. The van der Waals surface area contributed by atoms with Crippen LogP contribution in [0.3, 0.4) is 0 Å². The summed E-state index contributed by atoms with van der Waals surface area (Å²) >= 11 is 18.3. The Bertz CT molecular complexity index is 949. The summed E-state index contributed by atoms with van der Waals surface area (Å²) in [4.78, 5) is 8.60. The number of aliphatic imine (C=N–C) groups is 1. The van der Waals surface area contributed by atoms with Crippen molar-refractivity contribution in [1.82, 2.24) is 4.98 Å². The normalized spacial score (nSPS) is 16.3. The van der Waals surface area contributed by atoms with E-state index in [2.05, 4.69) is 34.2 Å². The molecule has 130 valence electrons. The van der Waals surface area contributed by atoms with Crippen molar-refractivity contribution < 1.29 is 4.74 Å². The zero-order chi connectivity index (χ0) is 18.1. The van der Waals surface area contributed by atoms with Crippen LogP contribution in [0.2, 0.25) is 15.1 Å². The summed E-state index contributed by atoms with van der Waals surface area (Å²) in [5.41, 5.74) is 3.89. The van der Waals surface area contributed by atoms with Crippen molar-refractivity contribution in [3.63, 3.8) is 0 Å². The molecule has 0 bridgehead atoms. The van der Waals surface area contributed by atoms with E-state index in [1.54, 1.807) is 0 Å². The summed E-state index contributed by atoms with van der Waals surface area (Å²) in [5, 5.41) is 1.58. The summed E-state index contributed by atoms with van der Waals surface area (Å²) in [7, 11) is 0. The lowest BCUT2D eigenvalue weighted by molar-refractivity contribution is 0.320. The molecular formula is C20H13Cl3N2O. The van der Waals surface area contributed by atoms with Crippen molar-refractivity contribution in [1.29, 1.82) is 0 Å². The summed E-state index contributed by atoms with van der Waals surface area (Å²) in [6.45, 7) is 0.449. The maximum absolute atomic E-state index is 6.19. The number of aromatic nitrogens is 1. The topological polar surface area (TPSA) is 34.5 Å². The number of hydrogen-bond donors (Lipinski definition) is 0. The van der Waals surface area contributed by atoms with Crippen molar-refractivity contribution in [2.75, 3.05) is 6.61 Å². The van der Waals surface area contributed by atoms with Gasteiger partial charge in [0.25, 0.3) is 0 Å². The maximum Gasteiger partial charge on any atom is 0.220 e. The van der Waals surface area contributed by atoms with Gasteiger partial charge in [0.15, 0.2) is 0 Å². The van der Waals surface area contributed by atoms with E-state index in [1.165, 1.54) is 12.4 Å². The number of nitrogens with zero attached hydrogens (tertiary/aromatic N) is 2. The third-order valence-corrected chi connectivity index (χ3v) is 5.02. The van der Waals surface area contributed by atoms with Gasteiger partial charge < -0.3 is 4.74 Å². The molecule has 4 rings (SSSR count). The van der Waals surface area contributed by atoms with Gasteiger partial charge in [0, 0.05) is 17.4 Å². The Kier molecular flexibility index (Phi) is 4.86. The number of benzene rings is 2. The van der Waals surface area contributed by atoms with Gasteiger partial charge in [0.05, 0.1) is 15.6 Å². The average molecular weight is 404 g/mol. The average Bonchev–Trinajstić information content (AvgIpc) is 3.12. The van der Waals surface area contributed by atoms with Gasteiger partial charge in [0.2, 0.25) is 5.90 Å². The second kappa shape index (κ2) is 7.28. The molecule has 0 aliphatic carbocycles. The van der Waals surface area contributed by atoms with E-state index in [4.69, 9.17) is 39.5 Å². The Balaban J connectivity index is 1.59. The Morgan fingerprint density at radius 1 is 0.808 bits per heavy atom. The summed E-state index contributed by atoms with van der Waals surface area (Å²) in [6.07, 6.45) is 3.06. The second-order valence-electron chi connectivity index (χ2n) is 5.87. The summed E-state index contributed by atoms with van der Waals surface area (Å²) in [5.74, 6) is 0.453. The predicted octanol–water partition coefficient (Wildman–Crippen LogP) is 6.23. The molecule has 1 atom stereocenters. The Labute approximate surface area is 166 Å². The Hall–Kier alpha value is -2.07. The van der Waals surface area contributed by atoms with E-state index in [1.807, 2.05) is 24.3 Å². The molecule has 2 aromatic carbocycles. The van der Waals surface area contributed by atoms with E-state index in [0.29, 0.717) is 28.1 Å². The highest BCUT2D eigenvalue weighted by molar-refractivity contribution is 6.39. The van der Waals surface area contributed by atoms with Gasteiger partial charge in [-0.3, -0.25) is 4.98 Å². The predicted molar refractivity (Wildman–Crippen MR) is 106 cm³/mol. The lowest BCUT2D eigenvalue weighted by Gasteiger charge is -2.07. The van der Waals surface area contributed by atoms with Crippen LogP contribution in [-0.2, 0) is 4.74 Å². The molecule has 1 aliphatic rings. The minimum Gasteiger partial charge on any atom is -0.475 e. The highest BCUT2D eigenvalue weighted by Crippen LogP contribution is 2.32. The number of ether oxygens (including phenoxy) is 1. The second-order valence-corrected chi connectivity index (χ2v) is 7.12. The molecule has 0 spiro atoms. The van der Waals surface area contributed by atoms with Crippen LogP contribution in [0.15, 0.2) is 65.9 Å². The first-order valence-corrected chi connectivity index (χ1v) is 9.11. The minimum atomic E-state index is -0.0930. The van der Waals surface area contributed by atoms with E-state index < -0.39 is 0 Å². The van der Waals surface area contributed by atoms with Crippen LogP contribution >= 0.6 is 34.8 Å². The fourth-order valence-electron chi connectivity index (χ4n) is 2.84. The van der Waals surface area contributed by atoms with Crippen LogP contribution in [0.25, 0.3) is 11.1 Å². The van der Waals surface area contributed by atoms with Crippen LogP contribution < -0.4 is 0 Å². The van der Waals surface area contributed by atoms with Gasteiger partial charge in [-0.15, -0.1) is 0 Å². The van der Waals surface area contributed by atoms with Crippen LogP contribution in [-0.4, -0.2) is 17.5 Å². The number of pyridine rings is 1. The number of halogens is 3. The summed E-state index contributed by atoms with van der Waals surface area (Å²) in [6, 6.07) is 15.9. The van der Waals surface area contributed by atoms with E-state index in [9.17, 15) is 0 Å². The Morgan fingerprint density at radius 2 is 1.38 bits per heavy atom. The third-order valence-electron chi connectivity index (χ3n) is 4.19. The monoisotopic (exact) mass is 402 g/mol. The van der Waals surface area contributed by atoms with Gasteiger partial charge in [-0.05, 0) is 28.8 Å². The molecule has 1 aliphatic heterocycles. The first-order chi connectivity index (χ1) is 12.6. The van der Waals surface area contributed by atoms with Crippen LogP contribution in [0.4, 0.5) is 0 Å². The zero-order valence-corrected chi connectivity index (χ0v) is 15.8. The highest BCUT2D eigenvalue weighted by Gasteiger charge is 2.25. The molecular weight excluding hydrogens is 391 g/mol. The molecule has 3 nitrogen and oxygen atoms in total. The molecule has 0 radical (unpaired) electrons. The first-order valence-electron chi connectivity index (χ1n) is 7.97. The third kappa shape index (κ3) is 3.43. The molecule has 0 amide bonds. The standard InChI is InChI=1S/C20H13Cl3N2O/c21-15-7-5-13(6-8-15)12-1-3-14(4-2-12)18-11-26-20(25-18)19-16(22)9-24-10-17(19)23/h1-10,18H,11H2.